The topological polar surface area (TPSA) is 241 Å². The van der Waals surface area contributed by atoms with Crippen molar-refractivity contribution in [1.29, 1.82) is 0 Å². The average molecular weight is 657 g/mol. The molecule has 0 aliphatic carbocycles. The van der Waals surface area contributed by atoms with Gasteiger partial charge in [0.15, 0.2) is 0 Å². The summed E-state index contributed by atoms with van der Waals surface area (Å²) < 4.78 is 58.8. The minimum absolute atomic E-state index is 0. The van der Waals surface area contributed by atoms with E-state index in [1.54, 1.807) is 0 Å². The summed E-state index contributed by atoms with van der Waals surface area (Å²) in [4.78, 5) is 49.3. The van der Waals surface area contributed by atoms with Gasteiger partial charge in [0.05, 0.1) is 0 Å². The number of halogens is 6. The fraction of sp³-hybridized carbons (Fsp3) is 0. The third-order valence-corrected chi connectivity index (χ3v) is 0. The molecule has 0 amide bonds. The molecule has 20 heteroatoms. The van der Waals surface area contributed by atoms with Gasteiger partial charge in [-0.3, -0.25) is 0 Å². The zero-order valence-electron chi connectivity index (χ0n) is 11.2. The van der Waals surface area contributed by atoms with Crippen LogP contribution in [0, 0.1) is 77.3 Å². The van der Waals surface area contributed by atoms with Crippen molar-refractivity contribution in [2.24, 2.45) is 0 Å². The Morgan fingerprint density at radius 1 is 0.385 bits per heavy atom. The first-order valence-electron chi connectivity index (χ1n) is 3.58. The number of rotatable bonds is 0. The number of hydrogen-bond donors (Lipinski definition) is 0. The average Bonchev–Trinajstić information content (AvgIpc) is 2.08. The van der Waals surface area contributed by atoms with Crippen LogP contribution in [0.3, 0.4) is 0 Å². The van der Waals surface area contributed by atoms with Gasteiger partial charge in [-0.05, 0) is 0 Å². The summed E-state index contributed by atoms with van der Waals surface area (Å²) in [6.45, 7) is 0. The molecule has 0 aromatic carbocycles. The van der Waals surface area contributed by atoms with Crippen LogP contribution in [0.5, 0.6) is 0 Å². The fourth-order valence-corrected chi connectivity index (χ4v) is 0. The van der Waals surface area contributed by atoms with Gasteiger partial charge in [-0.2, -0.15) is 26.3 Å². The Morgan fingerprint density at radius 2 is 0.385 bits per heavy atom. The van der Waals surface area contributed by atoms with Gasteiger partial charge in [-0.15, -0.1) is 0 Å². The van der Waals surface area contributed by atoms with Gasteiger partial charge in [-0.25, -0.2) is 0 Å². The second kappa shape index (κ2) is 43.9. The van der Waals surface area contributed by atoms with E-state index >= 15 is 0 Å². The molecular formula is C6CeF6LaO12. The molecule has 1 radical (unpaired) electrons. The monoisotopic (exact) mass is 657 g/mol. The van der Waals surface area contributed by atoms with E-state index in [1.807, 2.05) is 0 Å². The van der Waals surface area contributed by atoms with Crippen molar-refractivity contribution in [2.75, 3.05) is 0 Å². The quantitative estimate of drug-likeness (QED) is 0.178. The van der Waals surface area contributed by atoms with E-state index in [4.69, 9.17) is 59.4 Å². The van der Waals surface area contributed by atoms with Crippen LogP contribution in [-0.4, -0.2) is 37.3 Å². The Hall–Kier alpha value is -1.03. The van der Waals surface area contributed by atoms with E-state index in [1.165, 1.54) is 0 Å². The predicted molar refractivity (Wildman–Crippen MR) is 39.0 cm³/mol. The summed E-state index contributed by atoms with van der Waals surface area (Å²) in [7, 11) is 0. The molecule has 0 saturated carbocycles. The molecule has 0 saturated heterocycles. The number of carbonyl (C=O) groups excluding carboxylic acids is 6. The number of hydrogen-bond acceptors (Lipinski definition) is 12. The standard InChI is InChI=1S/6CHFO2.Ce.La/c6*2-1(3)4;;/h6*(H,3,4);;/q;;;;;;2*+3/p-6. The Labute approximate surface area is 198 Å². The summed E-state index contributed by atoms with van der Waals surface area (Å²) in [6.07, 6.45) is -15.5. The van der Waals surface area contributed by atoms with E-state index in [2.05, 4.69) is 0 Å². The van der Waals surface area contributed by atoms with Crippen molar-refractivity contribution in [3.05, 3.63) is 0 Å². The van der Waals surface area contributed by atoms with Crippen molar-refractivity contribution in [1.82, 2.24) is 0 Å². The third kappa shape index (κ3) is 10500. The van der Waals surface area contributed by atoms with Gasteiger partial charge in [0.25, 0.3) is 0 Å². The Bertz CT molecular complexity index is 279. The molecule has 0 fully saturated rings. The maximum Gasteiger partial charge on any atom is 3.00 e. The Balaban J connectivity index is -0.0000000245. The van der Waals surface area contributed by atoms with E-state index < -0.39 is 37.3 Å². The van der Waals surface area contributed by atoms with Gasteiger partial charge in [0.1, 0.15) is 0 Å². The second-order valence-corrected chi connectivity index (χ2v) is 1.43. The molecule has 0 spiro atoms. The van der Waals surface area contributed by atoms with Crippen LogP contribution in [0.2, 0.25) is 0 Å². The molecule has 12 nitrogen and oxygen atoms in total. The maximum absolute atomic E-state index is 9.81. The van der Waals surface area contributed by atoms with Gasteiger partial charge in [-0.1, -0.05) is 0 Å². The zero-order chi connectivity index (χ0) is 21.5. The summed E-state index contributed by atoms with van der Waals surface area (Å²) in [5.41, 5.74) is 0. The second-order valence-electron chi connectivity index (χ2n) is 1.43. The van der Waals surface area contributed by atoms with Gasteiger partial charge < -0.3 is 59.4 Å². The molecule has 0 unspecified atom stereocenters. The summed E-state index contributed by atoms with van der Waals surface area (Å²) in [6, 6.07) is 0. The zero-order valence-corrected chi connectivity index (χ0v) is 18.0. The van der Waals surface area contributed by atoms with Crippen molar-refractivity contribution in [3.63, 3.8) is 0 Å². The molecule has 26 heavy (non-hydrogen) atoms. The molecule has 0 aromatic rings. The van der Waals surface area contributed by atoms with Crippen LogP contribution in [0.4, 0.5) is 55.1 Å². The predicted octanol–water partition coefficient (Wildman–Crippen LogP) is -4.20. The van der Waals surface area contributed by atoms with Crippen LogP contribution < -0.4 is 30.6 Å². The van der Waals surface area contributed by atoms with Gasteiger partial charge >= 0.3 is 77.3 Å². The van der Waals surface area contributed by atoms with Crippen molar-refractivity contribution >= 4 is 37.3 Å². The maximum atomic E-state index is 9.81. The van der Waals surface area contributed by atoms with Gasteiger partial charge in [0, 0.05) is 0 Å². The minimum Gasteiger partial charge on any atom is -0.520 e. The molecular weight excluding hydrogens is 657 g/mol. The fourth-order valence-electron chi connectivity index (χ4n) is 0. The first-order valence-corrected chi connectivity index (χ1v) is 3.58. The molecule has 0 aliphatic rings. The van der Waals surface area contributed by atoms with Crippen molar-refractivity contribution in [3.8, 4) is 0 Å². The molecule has 0 heterocycles. The Morgan fingerprint density at radius 3 is 0.385 bits per heavy atom. The van der Waals surface area contributed by atoms with Crippen LogP contribution in [0.15, 0.2) is 0 Å². The molecule has 145 valence electrons. The van der Waals surface area contributed by atoms with E-state index in [0.29, 0.717) is 0 Å². The molecule has 0 N–H and O–H groups in total. The summed E-state index contributed by atoms with van der Waals surface area (Å²) in [5.74, 6) is 0. The molecule has 0 aliphatic heterocycles. The normalized spacial score (nSPS) is 5.77. The molecule has 0 rings (SSSR count). The van der Waals surface area contributed by atoms with Crippen LogP contribution in [0.1, 0.15) is 0 Å². The smallest absolute Gasteiger partial charge is 0.520 e. The molecule has 0 aromatic heterocycles. The van der Waals surface area contributed by atoms with E-state index in [9.17, 15) is 26.3 Å². The van der Waals surface area contributed by atoms with Crippen molar-refractivity contribution in [2.45, 2.75) is 0 Å². The molecule has 0 bridgehead atoms. The first kappa shape index (κ1) is 49.8. The Kier molecular flexibility index (Phi) is 84.2. The van der Waals surface area contributed by atoms with Crippen LogP contribution in [0.25, 0.3) is 0 Å². The minimum atomic E-state index is -2.58. The van der Waals surface area contributed by atoms with Crippen LogP contribution >= 0.6 is 0 Å². The third-order valence-electron chi connectivity index (χ3n) is 0. The first-order chi connectivity index (χ1) is 10.4. The largest absolute Gasteiger partial charge is 3.00 e. The summed E-state index contributed by atoms with van der Waals surface area (Å²) >= 11 is 0. The van der Waals surface area contributed by atoms with Crippen LogP contribution in [-0.2, 0) is 0 Å². The SMILES string of the molecule is O=C([O-])F.O=C([O-])F.O=C([O-])F.O=C([O-])F.O=C([O-])F.O=C([O-])F.[Ce+3].[La+3]. The van der Waals surface area contributed by atoms with Gasteiger partial charge in [0.2, 0.25) is 37.3 Å². The molecule has 0 atom stereocenters. The van der Waals surface area contributed by atoms with E-state index in [-0.39, 0.29) is 77.3 Å². The number of carboxylic acid groups (broad SMARTS) is 6. The summed E-state index contributed by atoms with van der Waals surface area (Å²) in [5, 5.41) is 49.3. The van der Waals surface area contributed by atoms with E-state index in [0.717, 1.165) is 0 Å². The van der Waals surface area contributed by atoms with Crippen molar-refractivity contribution < 1.29 is 163 Å². The number of carbonyl (C=O) groups is 6.